The number of sulfonamides is 1. The number of ether oxygens (including phenoxy) is 1. The molecule has 3 aromatic rings. The van der Waals surface area contributed by atoms with E-state index in [0.29, 0.717) is 22.2 Å². The number of benzene rings is 2. The zero-order chi connectivity index (χ0) is 18.9. The minimum Gasteiger partial charge on any atom is -0.465 e. The van der Waals surface area contributed by atoms with Crippen molar-refractivity contribution in [3.63, 3.8) is 0 Å². The van der Waals surface area contributed by atoms with E-state index in [0.717, 1.165) is 0 Å². The molecule has 0 aliphatic carbocycles. The van der Waals surface area contributed by atoms with Gasteiger partial charge in [-0.15, -0.1) is 0 Å². The standard InChI is InChI=1S/C18H15NO6S/c1-11-3-4-13(18(21)24-2)10-16(11)26(22,23)19-14-6-7-15-12(9-14)5-8-17(20)25-15/h3-10,19H,1-2H3. The van der Waals surface area contributed by atoms with Gasteiger partial charge in [0.1, 0.15) is 5.58 Å². The average molecular weight is 373 g/mol. The summed E-state index contributed by atoms with van der Waals surface area (Å²) in [4.78, 5) is 22.9. The van der Waals surface area contributed by atoms with E-state index in [1.807, 2.05) is 0 Å². The number of hydrogen-bond donors (Lipinski definition) is 1. The van der Waals surface area contributed by atoms with E-state index in [9.17, 15) is 18.0 Å². The summed E-state index contributed by atoms with van der Waals surface area (Å²) >= 11 is 0. The van der Waals surface area contributed by atoms with Crippen molar-refractivity contribution < 1.29 is 22.4 Å². The molecule has 134 valence electrons. The summed E-state index contributed by atoms with van der Waals surface area (Å²) in [7, 11) is -2.71. The Morgan fingerprint density at radius 1 is 1.08 bits per heavy atom. The van der Waals surface area contributed by atoms with Crippen LogP contribution in [0.5, 0.6) is 0 Å². The van der Waals surface area contributed by atoms with Crippen LogP contribution in [-0.2, 0) is 14.8 Å². The highest BCUT2D eigenvalue weighted by Gasteiger charge is 2.20. The first-order valence-electron chi connectivity index (χ1n) is 7.56. The van der Waals surface area contributed by atoms with Gasteiger partial charge in [-0.1, -0.05) is 6.07 Å². The highest BCUT2D eigenvalue weighted by molar-refractivity contribution is 7.92. The lowest BCUT2D eigenvalue weighted by molar-refractivity contribution is 0.0600. The fourth-order valence-corrected chi connectivity index (χ4v) is 3.80. The molecule has 0 bridgehead atoms. The third kappa shape index (κ3) is 3.45. The second kappa shape index (κ2) is 6.64. The molecule has 1 heterocycles. The monoisotopic (exact) mass is 373 g/mol. The van der Waals surface area contributed by atoms with E-state index >= 15 is 0 Å². The van der Waals surface area contributed by atoms with Gasteiger partial charge in [0.2, 0.25) is 0 Å². The highest BCUT2D eigenvalue weighted by Crippen LogP contribution is 2.23. The Balaban J connectivity index is 2.00. The van der Waals surface area contributed by atoms with Gasteiger partial charge in [0, 0.05) is 17.1 Å². The van der Waals surface area contributed by atoms with Crippen LogP contribution in [0.15, 0.2) is 62.6 Å². The second-order valence-corrected chi connectivity index (χ2v) is 7.24. The normalized spacial score (nSPS) is 11.3. The minimum absolute atomic E-state index is 0.0277. The number of carbonyl (C=O) groups is 1. The predicted molar refractivity (Wildman–Crippen MR) is 95.8 cm³/mol. The summed E-state index contributed by atoms with van der Waals surface area (Å²) in [5, 5.41) is 0.574. The fourth-order valence-electron chi connectivity index (χ4n) is 2.48. The molecule has 3 rings (SSSR count). The maximum absolute atomic E-state index is 12.7. The first-order valence-corrected chi connectivity index (χ1v) is 9.04. The number of rotatable bonds is 4. The van der Waals surface area contributed by atoms with Crippen molar-refractivity contribution in [3.05, 3.63) is 70.1 Å². The van der Waals surface area contributed by atoms with Crippen molar-refractivity contribution >= 4 is 32.6 Å². The quantitative estimate of drug-likeness (QED) is 0.557. The van der Waals surface area contributed by atoms with Crippen LogP contribution in [-0.4, -0.2) is 21.5 Å². The molecule has 2 aromatic carbocycles. The maximum atomic E-state index is 12.7. The molecular weight excluding hydrogens is 358 g/mol. The van der Waals surface area contributed by atoms with Crippen molar-refractivity contribution in [3.8, 4) is 0 Å². The Bertz CT molecular complexity index is 1160. The van der Waals surface area contributed by atoms with Crippen molar-refractivity contribution in [1.29, 1.82) is 0 Å². The van der Waals surface area contributed by atoms with Gasteiger partial charge in [0.05, 0.1) is 17.6 Å². The van der Waals surface area contributed by atoms with Crippen LogP contribution in [0.2, 0.25) is 0 Å². The summed E-state index contributed by atoms with van der Waals surface area (Å²) in [6, 6.07) is 11.6. The zero-order valence-electron chi connectivity index (χ0n) is 14.0. The van der Waals surface area contributed by atoms with Crippen molar-refractivity contribution in [1.82, 2.24) is 0 Å². The van der Waals surface area contributed by atoms with Crippen molar-refractivity contribution in [2.75, 3.05) is 11.8 Å². The topological polar surface area (TPSA) is 103 Å². The third-order valence-electron chi connectivity index (χ3n) is 3.77. The zero-order valence-corrected chi connectivity index (χ0v) is 14.8. The maximum Gasteiger partial charge on any atom is 0.337 e. The van der Waals surface area contributed by atoms with E-state index in [-0.39, 0.29) is 10.5 Å². The van der Waals surface area contributed by atoms with Gasteiger partial charge in [-0.3, -0.25) is 4.72 Å². The molecule has 1 aromatic heterocycles. The summed E-state index contributed by atoms with van der Waals surface area (Å²) in [6.45, 7) is 1.63. The molecule has 0 aliphatic heterocycles. The van der Waals surface area contributed by atoms with Crippen LogP contribution in [0, 0.1) is 6.92 Å². The predicted octanol–water partition coefficient (Wildman–Crippen LogP) is 2.69. The Labute approximate surface area is 149 Å². The van der Waals surface area contributed by atoms with Gasteiger partial charge in [0.15, 0.2) is 0 Å². The second-order valence-electron chi connectivity index (χ2n) is 5.58. The smallest absolute Gasteiger partial charge is 0.337 e. The summed E-state index contributed by atoms with van der Waals surface area (Å²) in [6.07, 6.45) is 0. The fraction of sp³-hybridized carbons (Fsp3) is 0.111. The van der Waals surface area contributed by atoms with Crippen LogP contribution in [0.3, 0.4) is 0 Å². The molecular formula is C18H15NO6S. The number of nitrogens with one attached hydrogen (secondary N) is 1. The molecule has 0 amide bonds. The van der Waals surface area contributed by atoms with E-state index in [2.05, 4.69) is 9.46 Å². The largest absolute Gasteiger partial charge is 0.465 e. The van der Waals surface area contributed by atoms with Gasteiger partial charge in [-0.2, -0.15) is 0 Å². The number of carbonyl (C=O) groups excluding carboxylic acids is 1. The first kappa shape index (κ1) is 17.7. The minimum atomic E-state index is -3.94. The molecule has 8 heteroatoms. The Morgan fingerprint density at radius 3 is 2.58 bits per heavy atom. The van der Waals surface area contributed by atoms with Crippen LogP contribution in [0.25, 0.3) is 11.0 Å². The van der Waals surface area contributed by atoms with Crippen LogP contribution in [0.4, 0.5) is 5.69 Å². The number of fused-ring (bicyclic) bond motifs is 1. The molecule has 26 heavy (non-hydrogen) atoms. The van der Waals surface area contributed by atoms with Crippen molar-refractivity contribution in [2.24, 2.45) is 0 Å². The number of methoxy groups -OCH3 is 1. The molecule has 0 unspecified atom stereocenters. The van der Waals surface area contributed by atoms with Gasteiger partial charge in [-0.25, -0.2) is 18.0 Å². The number of aryl methyl sites for hydroxylation is 1. The number of anilines is 1. The average Bonchev–Trinajstić information content (AvgIpc) is 2.61. The van der Waals surface area contributed by atoms with Gasteiger partial charge in [-0.05, 0) is 48.9 Å². The molecule has 0 aliphatic rings. The summed E-state index contributed by atoms with van der Waals surface area (Å²) in [5.74, 6) is -0.623. The van der Waals surface area contributed by atoms with E-state index in [4.69, 9.17) is 4.42 Å². The lowest BCUT2D eigenvalue weighted by Gasteiger charge is -2.12. The van der Waals surface area contributed by atoms with Gasteiger partial charge >= 0.3 is 11.6 Å². The lowest BCUT2D eigenvalue weighted by atomic mass is 10.1. The van der Waals surface area contributed by atoms with E-state index < -0.39 is 21.6 Å². The van der Waals surface area contributed by atoms with Crippen LogP contribution < -0.4 is 10.3 Å². The van der Waals surface area contributed by atoms with E-state index in [1.54, 1.807) is 19.1 Å². The van der Waals surface area contributed by atoms with Crippen LogP contribution >= 0.6 is 0 Å². The van der Waals surface area contributed by atoms with Gasteiger partial charge < -0.3 is 9.15 Å². The molecule has 1 N–H and O–H groups in total. The Hall–Kier alpha value is -3.13. The molecule has 0 saturated heterocycles. The van der Waals surface area contributed by atoms with Crippen molar-refractivity contribution in [2.45, 2.75) is 11.8 Å². The Kier molecular flexibility index (Phi) is 4.52. The number of esters is 1. The van der Waals surface area contributed by atoms with Gasteiger partial charge in [0.25, 0.3) is 10.0 Å². The molecule has 0 spiro atoms. The number of hydrogen-bond acceptors (Lipinski definition) is 6. The first-order chi connectivity index (χ1) is 12.3. The molecule has 7 nitrogen and oxygen atoms in total. The molecule has 0 radical (unpaired) electrons. The highest BCUT2D eigenvalue weighted by atomic mass is 32.2. The third-order valence-corrected chi connectivity index (χ3v) is 5.29. The SMILES string of the molecule is COC(=O)c1ccc(C)c(S(=O)(=O)Nc2ccc3oc(=O)ccc3c2)c1. The summed E-state index contributed by atoms with van der Waals surface area (Å²) in [5.41, 5.74) is 0.787. The molecule has 0 fully saturated rings. The van der Waals surface area contributed by atoms with Crippen LogP contribution in [0.1, 0.15) is 15.9 Å². The summed E-state index contributed by atoms with van der Waals surface area (Å²) < 4.78 is 37.6. The Morgan fingerprint density at radius 2 is 1.85 bits per heavy atom. The lowest BCUT2D eigenvalue weighted by Crippen LogP contribution is -2.15. The molecule has 0 saturated carbocycles. The molecule has 0 atom stereocenters. The van der Waals surface area contributed by atoms with E-state index in [1.165, 1.54) is 43.5 Å².